The van der Waals surface area contributed by atoms with Crippen LogP contribution in [0.1, 0.15) is 56.9 Å². The number of hydrogen-bond donors (Lipinski definition) is 1. The molecule has 0 saturated heterocycles. The van der Waals surface area contributed by atoms with Crippen molar-refractivity contribution in [3.63, 3.8) is 0 Å². The van der Waals surface area contributed by atoms with Gasteiger partial charge in [0.2, 0.25) is 0 Å². The molecule has 3 aromatic carbocycles. The van der Waals surface area contributed by atoms with Gasteiger partial charge in [0.05, 0.1) is 0 Å². The van der Waals surface area contributed by atoms with Crippen LogP contribution in [0.5, 0.6) is 0 Å². The second-order valence-electron chi connectivity index (χ2n) is 10.1. The molecule has 2 aliphatic carbocycles. The average molecular weight is 418 g/mol. The highest BCUT2D eigenvalue weighted by molar-refractivity contribution is 5.85. The number of fused-ring (bicyclic) bond motifs is 4. The van der Waals surface area contributed by atoms with Crippen molar-refractivity contribution in [2.45, 2.75) is 45.4 Å². The van der Waals surface area contributed by atoms with Crippen LogP contribution >= 0.6 is 0 Å². The molecule has 0 amide bonds. The van der Waals surface area contributed by atoms with Crippen molar-refractivity contribution >= 4 is 16.9 Å². The summed E-state index contributed by atoms with van der Waals surface area (Å²) in [5.74, 6) is 0. The van der Waals surface area contributed by atoms with Crippen LogP contribution in [0.2, 0.25) is 0 Å². The zero-order valence-corrected chi connectivity index (χ0v) is 19.7. The van der Waals surface area contributed by atoms with Gasteiger partial charge in [0.1, 0.15) is 0 Å². The predicted molar refractivity (Wildman–Crippen MR) is 139 cm³/mol. The lowest BCUT2D eigenvalue weighted by Crippen LogP contribution is -2.16. The van der Waals surface area contributed by atoms with Crippen LogP contribution in [0.25, 0.3) is 16.7 Å². The minimum absolute atomic E-state index is 0.0109. The van der Waals surface area contributed by atoms with E-state index in [9.17, 15) is 0 Å². The Labute approximate surface area is 192 Å². The Kier molecular flexibility index (Phi) is 4.57. The van der Waals surface area contributed by atoms with Crippen LogP contribution in [-0.2, 0) is 10.8 Å². The average Bonchev–Trinajstić information content (AvgIpc) is 3.11. The number of rotatable bonds is 4. The number of nitrogens with one attached hydrogen (secondary N) is 1. The number of anilines is 2. The van der Waals surface area contributed by atoms with Crippen molar-refractivity contribution < 1.29 is 0 Å². The highest BCUT2D eigenvalue weighted by Gasteiger charge is 2.36. The normalized spacial score (nSPS) is 17.3. The van der Waals surface area contributed by atoms with Gasteiger partial charge in [-0.25, -0.2) is 0 Å². The van der Waals surface area contributed by atoms with Gasteiger partial charge in [0.25, 0.3) is 0 Å². The maximum Gasteiger partial charge on any atom is 0.0387 e. The van der Waals surface area contributed by atoms with E-state index in [0.29, 0.717) is 0 Å². The summed E-state index contributed by atoms with van der Waals surface area (Å²) in [4.78, 5) is 0. The molecule has 3 aromatic rings. The molecule has 1 N–H and O–H groups in total. The minimum atomic E-state index is -0.0296. The summed E-state index contributed by atoms with van der Waals surface area (Å²) < 4.78 is 0. The SMILES string of the molecule is C=C/C=C\C1=C(C)c2ccc(Nc3ccc4c(c3)C(C)(C)c3ccccc3-4)cc2C1(C)C. The molecule has 0 fully saturated rings. The zero-order chi connectivity index (χ0) is 22.7. The maximum absolute atomic E-state index is 3.83. The standard InChI is InChI=1S/C31H31N/c1-7-8-12-26-20(2)23-16-14-21(18-28(23)30(26,3)4)32-22-15-17-25-24-11-9-10-13-27(24)31(5,6)29(25)19-22/h7-19,32H,1H2,2-6H3/b12-8-. The largest absolute Gasteiger partial charge is 0.356 e. The molecule has 1 heteroatoms. The molecule has 1 nitrogen and oxygen atoms in total. The molecule has 0 radical (unpaired) electrons. The molecule has 160 valence electrons. The van der Waals surface area contributed by atoms with Gasteiger partial charge >= 0.3 is 0 Å². The molecule has 0 spiro atoms. The van der Waals surface area contributed by atoms with E-state index >= 15 is 0 Å². The highest BCUT2D eigenvalue weighted by Crippen LogP contribution is 2.50. The first-order valence-electron chi connectivity index (χ1n) is 11.4. The van der Waals surface area contributed by atoms with E-state index in [1.165, 1.54) is 44.5 Å². The Morgan fingerprint density at radius 1 is 0.719 bits per heavy atom. The second kappa shape index (κ2) is 7.10. The summed E-state index contributed by atoms with van der Waals surface area (Å²) in [6, 6.07) is 22.4. The van der Waals surface area contributed by atoms with E-state index in [4.69, 9.17) is 0 Å². The first-order chi connectivity index (χ1) is 15.2. The lowest BCUT2D eigenvalue weighted by Gasteiger charge is -2.24. The summed E-state index contributed by atoms with van der Waals surface area (Å²) in [6.45, 7) is 15.3. The van der Waals surface area contributed by atoms with Gasteiger partial charge in [0, 0.05) is 22.2 Å². The van der Waals surface area contributed by atoms with Crippen LogP contribution in [0, 0.1) is 0 Å². The summed E-state index contributed by atoms with van der Waals surface area (Å²) in [5, 5.41) is 3.69. The third-order valence-corrected chi connectivity index (χ3v) is 7.45. The molecule has 0 aliphatic heterocycles. The van der Waals surface area contributed by atoms with Gasteiger partial charge in [-0.1, -0.05) is 88.9 Å². The summed E-state index contributed by atoms with van der Waals surface area (Å²) >= 11 is 0. The van der Waals surface area contributed by atoms with Crippen LogP contribution in [0.3, 0.4) is 0 Å². The van der Waals surface area contributed by atoms with E-state index in [0.717, 1.165) is 11.4 Å². The molecular weight excluding hydrogens is 386 g/mol. The molecule has 0 unspecified atom stereocenters. The topological polar surface area (TPSA) is 12.0 Å². The van der Waals surface area contributed by atoms with Crippen molar-refractivity contribution in [3.8, 4) is 11.1 Å². The highest BCUT2D eigenvalue weighted by atomic mass is 14.9. The van der Waals surface area contributed by atoms with Crippen LogP contribution in [0.4, 0.5) is 11.4 Å². The number of allylic oxidation sites excluding steroid dienone is 5. The third kappa shape index (κ3) is 2.92. The van der Waals surface area contributed by atoms with Gasteiger partial charge in [-0.05, 0) is 75.7 Å². The van der Waals surface area contributed by atoms with E-state index in [1.54, 1.807) is 0 Å². The summed E-state index contributed by atoms with van der Waals surface area (Å²) in [6.07, 6.45) is 6.09. The summed E-state index contributed by atoms with van der Waals surface area (Å²) in [5.41, 5.74) is 13.2. The number of benzene rings is 3. The lowest BCUT2D eigenvalue weighted by atomic mass is 9.81. The number of hydrogen-bond acceptors (Lipinski definition) is 1. The Bertz CT molecular complexity index is 1310. The molecule has 2 aliphatic rings. The zero-order valence-electron chi connectivity index (χ0n) is 19.7. The molecule has 0 heterocycles. The third-order valence-electron chi connectivity index (χ3n) is 7.45. The van der Waals surface area contributed by atoms with Crippen molar-refractivity contribution in [2.75, 3.05) is 5.32 Å². The van der Waals surface area contributed by atoms with Crippen LogP contribution < -0.4 is 5.32 Å². The molecular formula is C31H31N. The Hall–Kier alpha value is -3.32. The molecule has 0 atom stereocenters. The van der Waals surface area contributed by atoms with Gasteiger partial charge in [-0.2, -0.15) is 0 Å². The minimum Gasteiger partial charge on any atom is -0.356 e. The first kappa shape index (κ1) is 20.6. The fraction of sp³-hybridized carbons (Fsp3) is 0.226. The first-order valence-corrected chi connectivity index (χ1v) is 11.4. The van der Waals surface area contributed by atoms with Crippen molar-refractivity contribution in [3.05, 3.63) is 113 Å². The summed E-state index contributed by atoms with van der Waals surface area (Å²) in [7, 11) is 0. The Morgan fingerprint density at radius 2 is 1.31 bits per heavy atom. The monoisotopic (exact) mass is 417 g/mol. The molecule has 0 aromatic heterocycles. The Balaban J connectivity index is 1.49. The maximum atomic E-state index is 3.83. The lowest BCUT2D eigenvalue weighted by molar-refractivity contribution is 0.654. The van der Waals surface area contributed by atoms with Crippen molar-refractivity contribution in [1.82, 2.24) is 0 Å². The van der Waals surface area contributed by atoms with E-state index < -0.39 is 0 Å². The molecule has 0 saturated carbocycles. The molecule has 0 bridgehead atoms. The van der Waals surface area contributed by atoms with Crippen molar-refractivity contribution in [1.29, 1.82) is 0 Å². The van der Waals surface area contributed by atoms with Crippen molar-refractivity contribution in [2.24, 2.45) is 0 Å². The molecule has 32 heavy (non-hydrogen) atoms. The van der Waals surface area contributed by atoms with Gasteiger partial charge < -0.3 is 5.32 Å². The van der Waals surface area contributed by atoms with E-state index in [1.807, 2.05) is 12.2 Å². The van der Waals surface area contributed by atoms with Crippen LogP contribution in [-0.4, -0.2) is 0 Å². The van der Waals surface area contributed by atoms with E-state index in [2.05, 4.69) is 113 Å². The van der Waals surface area contributed by atoms with Gasteiger partial charge in [0.15, 0.2) is 0 Å². The van der Waals surface area contributed by atoms with Gasteiger partial charge in [-0.3, -0.25) is 0 Å². The second-order valence-corrected chi connectivity index (χ2v) is 10.1. The smallest absolute Gasteiger partial charge is 0.0387 e. The fourth-order valence-electron chi connectivity index (χ4n) is 5.67. The molecule has 5 rings (SSSR count). The quantitative estimate of drug-likeness (QED) is 0.419. The van der Waals surface area contributed by atoms with Crippen LogP contribution in [0.15, 0.2) is 91.0 Å². The Morgan fingerprint density at radius 3 is 2.00 bits per heavy atom. The van der Waals surface area contributed by atoms with E-state index in [-0.39, 0.29) is 10.8 Å². The van der Waals surface area contributed by atoms with Gasteiger partial charge in [-0.15, -0.1) is 0 Å². The fourth-order valence-corrected chi connectivity index (χ4v) is 5.67. The predicted octanol–water partition coefficient (Wildman–Crippen LogP) is 8.54.